The average molecular weight is 280 g/mol. The first-order valence-electron chi connectivity index (χ1n) is 7.49. The van der Waals surface area contributed by atoms with E-state index in [2.05, 4.69) is 36.3 Å². The molecular weight excluding hydrogens is 252 g/mol. The summed E-state index contributed by atoms with van der Waals surface area (Å²) in [4.78, 5) is 2.30. The Bertz CT molecular complexity index is 383. The van der Waals surface area contributed by atoms with Gasteiger partial charge in [0.25, 0.3) is 0 Å². The number of hydrogen-bond acceptors (Lipinski definition) is 4. The first-order valence-corrected chi connectivity index (χ1v) is 7.49. The molecule has 0 bridgehead atoms. The minimum Gasteiger partial charge on any atom is -0.490 e. The van der Waals surface area contributed by atoms with Crippen LogP contribution < -0.4 is 14.8 Å². The molecule has 4 heteroatoms. The quantitative estimate of drug-likeness (QED) is 0.668. The lowest BCUT2D eigenvalue weighted by Crippen LogP contribution is -2.28. The standard InChI is InChI=1S/C16H28N2O2/c1-5-17-10-11-18(4)13-14-8-9-15(19-6-2)16(12-14)20-7-3/h8-9,12,17H,5-7,10-11,13H2,1-4H3. The van der Waals surface area contributed by atoms with Gasteiger partial charge in [-0.1, -0.05) is 13.0 Å². The average Bonchev–Trinajstić information content (AvgIpc) is 2.42. The molecule has 0 saturated heterocycles. The van der Waals surface area contributed by atoms with E-state index in [1.165, 1.54) is 5.56 Å². The summed E-state index contributed by atoms with van der Waals surface area (Å²) in [6.07, 6.45) is 0. The third kappa shape index (κ3) is 5.80. The van der Waals surface area contributed by atoms with Crippen LogP contribution >= 0.6 is 0 Å². The Labute approximate surface area is 123 Å². The summed E-state index contributed by atoms with van der Waals surface area (Å²) in [5, 5.41) is 3.34. The molecule has 0 aliphatic carbocycles. The van der Waals surface area contributed by atoms with Crippen LogP contribution in [0.15, 0.2) is 18.2 Å². The zero-order valence-electron chi connectivity index (χ0n) is 13.2. The number of likely N-dealkylation sites (N-methyl/N-ethyl adjacent to an activating group) is 2. The fourth-order valence-electron chi connectivity index (χ4n) is 2.03. The Kier molecular flexibility index (Phi) is 8.07. The highest BCUT2D eigenvalue weighted by Gasteiger charge is 2.07. The van der Waals surface area contributed by atoms with E-state index in [4.69, 9.17) is 9.47 Å². The van der Waals surface area contributed by atoms with Gasteiger partial charge in [0.2, 0.25) is 0 Å². The molecule has 0 atom stereocenters. The van der Waals surface area contributed by atoms with Crippen LogP contribution in [0.3, 0.4) is 0 Å². The van der Waals surface area contributed by atoms with Crippen LogP contribution in [0.1, 0.15) is 26.3 Å². The minimum absolute atomic E-state index is 0.653. The molecule has 0 aliphatic rings. The van der Waals surface area contributed by atoms with Crippen molar-refractivity contribution in [1.82, 2.24) is 10.2 Å². The predicted molar refractivity (Wildman–Crippen MR) is 83.7 cm³/mol. The van der Waals surface area contributed by atoms with Gasteiger partial charge in [0, 0.05) is 19.6 Å². The highest BCUT2D eigenvalue weighted by Crippen LogP contribution is 2.28. The van der Waals surface area contributed by atoms with Crippen LogP contribution in [0.2, 0.25) is 0 Å². The molecule has 1 N–H and O–H groups in total. The van der Waals surface area contributed by atoms with Crippen LogP contribution in [-0.4, -0.2) is 44.8 Å². The highest BCUT2D eigenvalue weighted by molar-refractivity contribution is 5.43. The number of ether oxygens (including phenoxy) is 2. The molecule has 4 nitrogen and oxygen atoms in total. The van der Waals surface area contributed by atoms with E-state index in [0.29, 0.717) is 13.2 Å². The van der Waals surface area contributed by atoms with Gasteiger partial charge in [-0.05, 0) is 45.1 Å². The Hall–Kier alpha value is -1.26. The molecule has 0 amide bonds. The van der Waals surface area contributed by atoms with Crippen molar-refractivity contribution >= 4 is 0 Å². The second kappa shape index (κ2) is 9.61. The number of benzene rings is 1. The smallest absolute Gasteiger partial charge is 0.161 e. The van der Waals surface area contributed by atoms with Gasteiger partial charge in [0.05, 0.1) is 13.2 Å². The molecule has 0 aliphatic heterocycles. The Balaban J connectivity index is 2.63. The Morgan fingerprint density at radius 1 is 1.05 bits per heavy atom. The topological polar surface area (TPSA) is 33.7 Å². The van der Waals surface area contributed by atoms with Crippen molar-refractivity contribution < 1.29 is 9.47 Å². The maximum Gasteiger partial charge on any atom is 0.161 e. The van der Waals surface area contributed by atoms with Gasteiger partial charge in [-0.25, -0.2) is 0 Å². The summed E-state index contributed by atoms with van der Waals surface area (Å²) in [6, 6.07) is 6.19. The van der Waals surface area contributed by atoms with Crippen molar-refractivity contribution in [2.75, 3.05) is 39.9 Å². The largest absolute Gasteiger partial charge is 0.490 e. The molecule has 0 heterocycles. The number of nitrogens with one attached hydrogen (secondary N) is 1. The van der Waals surface area contributed by atoms with Gasteiger partial charge >= 0.3 is 0 Å². The minimum atomic E-state index is 0.653. The summed E-state index contributed by atoms with van der Waals surface area (Å²) < 4.78 is 11.2. The number of rotatable bonds is 10. The molecule has 0 fully saturated rings. The van der Waals surface area contributed by atoms with Crippen molar-refractivity contribution in [3.05, 3.63) is 23.8 Å². The predicted octanol–water partition coefficient (Wildman–Crippen LogP) is 2.53. The van der Waals surface area contributed by atoms with E-state index >= 15 is 0 Å². The van der Waals surface area contributed by atoms with Gasteiger partial charge in [-0.15, -0.1) is 0 Å². The second-order valence-corrected chi connectivity index (χ2v) is 4.74. The van der Waals surface area contributed by atoms with Gasteiger partial charge < -0.3 is 19.7 Å². The zero-order chi connectivity index (χ0) is 14.8. The van der Waals surface area contributed by atoms with E-state index in [0.717, 1.165) is 37.7 Å². The summed E-state index contributed by atoms with van der Waals surface area (Å²) in [5.41, 5.74) is 1.25. The van der Waals surface area contributed by atoms with Crippen molar-refractivity contribution in [3.63, 3.8) is 0 Å². The Morgan fingerprint density at radius 3 is 2.40 bits per heavy atom. The van der Waals surface area contributed by atoms with Crippen molar-refractivity contribution in [3.8, 4) is 11.5 Å². The van der Waals surface area contributed by atoms with Crippen LogP contribution in [-0.2, 0) is 6.54 Å². The highest BCUT2D eigenvalue weighted by atomic mass is 16.5. The first kappa shape index (κ1) is 16.8. The monoisotopic (exact) mass is 280 g/mol. The third-order valence-electron chi connectivity index (χ3n) is 2.98. The fourth-order valence-corrected chi connectivity index (χ4v) is 2.03. The lowest BCUT2D eigenvalue weighted by atomic mass is 10.2. The zero-order valence-corrected chi connectivity index (χ0v) is 13.2. The van der Waals surface area contributed by atoms with Crippen LogP contribution in [0.4, 0.5) is 0 Å². The molecule has 0 saturated carbocycles. The van der Waals surface area contributed by atoms with Gasteiger partial charge in [0.15, 0.2) is 11.5 Å². The Morgan fingerprint density at radius 2 is 1.75 bits per heavy atom. The van der Waals surface area contributed by atoms with E-state index in [1.807, 2.05) is 19.9 Å². The maximum atomic E-state index is 5.65. The molecule has 1 rings (SSSR count). The van der Waals surface area contributed by atoms with Crippen LogP contribution in [0.5, 0.6) is 11.5 Å². The third-order valence-corrected chi connectivity index (χ3v) is 2.98. The molecule has 0 unspecified atom stereocenters. The number of nitrogens with zero attached hydrogens (tertiary/aromatic N) is 1. The first-order chi connectivity index (χ1) is 9.71. The molecule has 1 aromatic rings. The van der Waals surface area contributed by atoms with Crippen molar-refractivity contribution in [1.29, 1.82) is 0 Å². The normalized spacial score (nSPS) is 10.8. The van der Waals surface area contributed by atoms with Crippen molar-refractivity contribution in [2.24, 2.45) is 0 Å². The summed E-state index contributed by atoms with van der Waals surface area (Å²) >= 11 is 0. The van der Waals surface area contributed by atoms with E-state index in [-0.39, 0.29) is 0 Å². The summed E-state index contributed by atoms with van der Waals surface area (Å²) in [5.74, 6) is 1.67. The molecule has 1 aromatic carbocycles. The SMILES string of the molecule is CCNCCN(C)Cc1ccc(OCC)c(OCC)c1. The maximum absolute atomic E-state index is 5.65. The summed E-state index contributed by atoms with van der Waals surface area (Å²) in [6.45, 7) is 11.4. The van der Waals surface area contributed by atoms with E-state index in [1.54, 1.807) is 0 Å². The molecular formula is C16H28N2O2. The van der Waals surface area contributed by atoms with Gasteiger partial charge in [-0.2, -0.15) is 0 Å². The lowest BCUT2D eigenvalue weighted by Gasteiger charge is -2.18. The van der Waals surface area contributed by atoms with Gasteiger partial charge in [-0.3, -0.25) is 0 Å². The van der Waals surface area contributed by atoms with Gasteiger partial charge in [0.1, 0.15) is 0 Å². The van der Waals surface area contributed by atoms with E-state index in [9.17, 15) is 0 Å². The van der Waals surface area contributed by atoms with Crippen LogP contribution in [0, 0.1) is 0 Å². The molecule has 0 spiro atoms. The fraction of sp³-hybridized carbons (Fsp3) is 0.625. The lowest BCUT2D eigenvalue weighted by molar-refractivity contribution is 0.285. The molecule has 0 radical (unpaired) electrons. The molecule has 0 aromatic heterocycles. The van der Waals surface area contributed by atoms with E-state index < -0.39 is 0 Å². The second-order valence-electron chi connectivity index (χ2n) is 4.74. The molecule has 20 heavy (non-hydrogen) atoms. The van der Waals surface area contributed by atoms with Crippen LogP contribution in [0.25, 0.3) is 0 Å². The number of hydrogen-bond donors (Lipinski definition) is 1. The summed E-state index contributed by atoms with van der Waals surface area (Å²) in [7, 11) is 2.13. The molecule has 114 valence electrons. The van der Waals surface area contributed by atoms with Crippen molar-refractivity contribution in [2.45, 2.75) is 27.3 Å².